The number of nitrogens with two attached hydrogens (primary N) is 1. The van der Waals surface area contributed by atoms with Gasteiger partial charge in [-0.05, 0) is 38.8 Å². The second kappa shape index (κ2) is 12.0. The van der Waals surface area contributed by atoms with Gasteiger partial charge in [-0.3, -0.25) is 33.7 Å². The molecule has 0 bridgehead atoms. The van der Waals surface area contributed by atoms with E-state index in [1.54, 1.807) is 30.3 Å². The number of ketones is 2. The van der Waals surface area contributed by atoms with Crippen molar-refractivity contribution in [3.8, 4) is 0 Å². The van der Waals surface area contributed by atoms with Crippen molar-refractivity contribution in [2.45, 2.75) is 76.2 Å². The zero-order valence-electron chi connectivity index (χ0n) is 20.5. The van der Waals surface area contributed by atoms with Gasteiger partial charge in [0.25, 0.3) is 11.8 Å². The highest BCUT2D eigenvalue weighted by molar-refractivity contribution is 6.18. The average molecular weight is 500 g/mol. The monoisotopic (exact) mass is 499 g/mol. The molecule has 3 rings (SSSR count). The van der Waals surface area contributed by atoms with Gasteiger partial charge in [0, 0.05) is 19.3 Å². The van der Waals surface area contributed by atoms with Gasteiger partial charge in [-0.15, -0.1) is 0 Å². The number of nitrogens with zero attached hydrogens (tertiary/aromatic N) is 1. The van der Waals surface area contributed by atoms with E-state index in [0.717, 1.165) is 6.42 Å². The summed E-state index contributed by atoms with van der Waals surface area (Å²) >= 11 is 0. The van der Waals surface area contributed by atoms with Crippen LogP contribution in [0.4, 0.5) is 0 Å². The SMILES string of the molecule is C[C@H](N)C(=O)N[C@@H](C)C(=O)N(C(=O)[C@H](Cc1ccccc1)NC(=O)[C@@H]1CCCN1)C1C(=O)CCC1=O. The Morgan fingerprint density at radius 2 is 1.67 bits per heavy atom. The minimum Gasteiger partial charge on any atom is -0.343 e. The molecule has 2 aliphatic rings. The molecule has 194 valence electrons. The van der Waals surface area contributed by atoms with Gasteiger partial charge in [0.2, 0.25) is 11.8 Å². The van der Waals surface area contributed by atoms with Crippen LogP contribution < -0.4 is 21.7 Å². The lowest BCUT2D eigenvalue weighted by molar-refractivity contribution is -0.156. The third-order valence-electron chi connectivity index (χ3n) is 6.38. The molecular formula is C25H33N5O6. The molecule has 11 nitrogen and oxygen atoms in total. The fraction of sp³-hybridized carbons (Fsp3) is 0.520. The van der Waals surface area contributed by atoms with Gasteiger partial charge in [-0.2, -0.15) is 0 Å². The molecular weight excluding hydrogens is 466 g/mol. The van der Waals surface area contributed by atoms with Crippen LogP contribution in [0, 0.1) is 0 Å². The summed E-state index contributed by atoms with van der Waals surface area (Å²) < 4.78 is 0. The van der Waals surface area contributed by atoms with Crippen molar-refractivity contribution in [3.63, 3.8) is 0 Å². The number of hydrogen-bond acceptors (Lipinski definition) is 8. The van der Waals surface area contributed by atoms with Gasteiger partial charge in [0.05, 0.1) is 12.1 Å². The normalized spacial score (nSPS) is 20.5. The highest BCUT2D eigenvalue weighted by Crippen LogP contribution is 2.21. The van der Waals surface area contributed by atoms with E-state index < -0.39 is 65.4 Å². The summed E-state index contributed by atoms with van der Waals surface area (Å²) in [6.45, 7) is 3.45. The van der Waals surface area contributed by atoms with Crippen molar-refractivity contribution in [2.24, 2.45) is 5.73 Å². The molecule has 0 radical (unpaired) electrons. The lowest BCUT2D eigenvalue weighted by Crippen LogP contribution is -2.62. The van der Waals surface area contributed by atoms with Crippen molar-refractivity contribution < 1.29 is 28.8 Å². The molecule has 36 heavy (non-hydrogen) atoms. The molecule has 11 heteroatoms. The third-order valence-corrected chi connectivity index (χ3v) is 6.38. The molecule has 0 unspecified atom stereocenters. The smallest absolute Gasteiger partial charge is 0.253 e. The molecule has 4 amide bonds. The topological polar surface area (TPSA) is 168 Å². The Hall–Kier alpha value is -3.44. The fourth-order valence-electron chi connectivity index (χ4n) is 4.36. The highest BCUT2D eigenvalue weighted by atomic mass is 16.2. The van der Waals surface area contributed by atoms with Crippen LogP contribution in [-0.2, 0) is 35.2 Å². The zero-order valence-corrected chi connectivity index (χ0v) is 20.5. The van der Waals surface area contributed by atoms with E-state index in [4.69, 9.17) is 5.73 Å². The first-order valence-corrected chi connectivity index (χ1v) is 12.2. The van der Waals surface area contributed by atoms with Crippen molar-refractivity contribution in [1.29, 1.82) is 0 Å². The van der Waals surface area contributed by atoms with E-state index in [1.165, 1.54) is 13.8 Å². The number of hydrogen-bond donors (Lipinski definition) is 4. The molecule has 1 saturated heterocycles. The molecule has 1 aliphatic heterocycles. The van der Waals surface area contributed by atoms with E-state index in [2.05, 4.69) is 16.0 Å². The summed E-state index contributed by atoms with van der Waals surface area (Å²) in [7, 11) is 0. The summed E-state index contributed by atoms with van der Waals surface area (Å²) in [5.41, 5.74) is 6.28. The van der Waals surface area contributed by atoms with Crippen molar-refractivity contribution in [2.75, 3.05) is 6.54 Å². The van der Waals surface area contributed by atoms with Crippen molar-refractivity contribution in [1.82, 2.24) is 20.9 Å². The van der Waals surface area contributed by atoms with Gasteiger partial charge < -0.3 is 21.7 Å². The number of imide groups is 1. The van der Waals surface area contributed by atoms with Gasteiger partial charge in [0.1, 0.15) is 12.1 Å². The van der Waals surface area contributed by atoms with Crippen LogP contribution in [0.1, 0.15) is 45.1 Å². The summed E-state index contributed by atoms with van der Waals surface area (Å²) in [6.07, 6.45) is 1.26. The number of benzene rings is 1. The van der Waals surface area contributed by atoms with E-state index >= 15 is 0 Å². The second-order valence-electron chi connectivity index (χ2n) is 9.30. The molecule has 1 aliphatic carbocycles. The fourth-order valence-corrected chi connectivity index (χ4v) is 4.36. The highest BCUT2D eigenvalue weighted by Gasteiger charge is 2.46. The molecule has 4 atom stereocenters. The van der Waals surface area contributed by atoms with Crippen LogP contribution in [0.15, 0.2) is 30.3 Å². The van der Waals surface area contributed by atoms with Crippen LogP contribution in [0.25, 0.3) is 0 Å². The Balaban J connectivity index is 1.94. The molecule has 1 saturated carbocycles. The summed E-state index contributed by atoms with van der Waals surface area (Å²) in [6, 6.07) is 3.43. The Bertz CT molecular complexity index is 1010. The van der Waals surface area contributed by atoms with Gasteiger partial charge in [-0.25, -0.2) is 0 Å². The molecule has 0 spiro atoms. The maximum Gasteiger partial charge on any atom is 0.253 e. The molecule has 2 fully saturated rings. The summed E-state index contributed by atoms with van der Waals surface area (Å²) in [4.78, 5) is 78.2. The van der Waals surface area contributed by atoms with Crippen molar-refractivity contribution >= 4 is 35.2 Å². The van der Waals surface area contributed by atoms with Crippen LogP contribution >= 0.6 is 0 Å². The minimum absolute atomic E-state index is 0.0393. The summed E-state index contributed by atoms with van der Waals surface area (Å²) in [5.74, 6) is -3.96. The number of Topliss-reactive ketones (excluding diaryl/α,β-unsaturated/α-hetero) is 2. The van der Waals surface area contributed by atoms with Gasteiger partial charge >= 0.3 is 0 Å². The quantitative estimate of drug-likeness (QED) is 0.313. The first-order chi connectivity index (χ1) is 17.1. The Morgan fingerprint density at radius 1 is 1.03 bits per heavy atom. The van der Waals surface area contributed by atoms with Gasteiger partial charge in [0.15, 0.2) is 17.6 Å². The maximum atomic E-state index is 13.9. The van der Waals surface area contributed by atoms with E-state index in [1.807, 2.05) is 0 Å². The van der Waals surface area contributed by atoms with Crippen molar-refractivity contribution in [3.05, 3.63) is 35.9 Å². The second-order valence-corrected chi connectivity index (χ2v) is 9.30. The first-order valence-electron chi connectivity index (χ1n) is 12.2. The molecule has 1 aromatic rings. The molecule has 0 aromatic heterocycles. The predicted molar refractivity (Wildman–Crippen MR) is 129 cm³/mol. The largest absolute Gasteiger partial charge is 0.343 e. The van der Waals surface area contributed by atoms with E-state index in [9.17, 15) is 28.8 Å². The maximum absolute atomic E-state index is 13.9. The van der Waals surface area contributed by atoms with Gasteiger partial charge in [-0.1, -0.05) is 30.3 Å². The van der Waals surface area contributed by atoms with E-state index in [-0.39, 0.29) is 19.3 Å². The Labute approximate surface area is 209 Å². The van der Waals surface area contributed by atoms with Crippen LogP contribution in [-0.4, -0.2) is 76.8 Å². The van der Waals surface area contributed by atoms with Crippen LogP contribution in [0.2, 0.25) is 0 Å². The lowest BCUT2D eigenvalue weighted by atomic mass is 10.0. The lowest BCUT2D eigenvalue weighted by Gasteiger charge is -2.32. The summed E-state index contributed by atoms with van der Waals surface area (Å²) in [5, 5.41) is 8.20. The molecule has 5 N–H and O–H groups in total. The molecule has 1 heterocycles. The van der Waals surface area contributed by atoms with Crippen LogP contribution in [0.5, 0.6) is 0 Å². The zero-order chi connectivity index (χ0) is 26.4. The van der Waals surface area contributed by atoms with Crippen LogP contribution in [0.3, 0.4) is 0 Å². The number of amides is 4. The van der Waals surface area contributed by atoms with E-state index in [0.29, 0.717) is 23.4 Å². The number of carbonyl (C=O) groups excluding carboxylic acids is 6. The average Bonchev–Trinajstić information content (AvgIpc) is 3.50. The predicted octanol–water partition coefficient (Wildman–Crippen LogP) is -1.03. The molecule has 1 aromatic carbocycles. The minimum atomic E-state index is -1.60. The Kier molecular flexibility index (Phi) is 9.05. The number of rotatable bonds is 9. The first kappa shape index (κ1) is 27.2. The third kappa shape index (κ3) is 6.41. The Morgan fingerprint density at radius 3 is 2.22 bits per heavy atom. The number of nitrogens with one attached hydrogen (secondary N) is 3. The standard InChI is InChI=1S/C25H33N5O6/c1-14(26)22(33)28-15(2)24(35)30(21-19(31)10-11-20(21)32)25(36)18(13-16-7-4-3-5-8-16)29-23(34)17-9-6-12-27-17/h3-5,7-8,14-15,17-18,21,27H,6,9-13,26H2,1-2H3,(H,28,33)(H,29,34)/t14-,15-,17-,18-/m0/s1. The number of carbonyl (C=O) groups is 6.